The van der Waals surface area contributed by atoms with Crippen LogP contribution < -0.4 is 0 Å². The summed E-state index contributed by atoms with van der Waals surface area (Å²) in [6.45, 7) is 2.27. The number of aliphatic hydroxyl groups excluding tert-OH is 1. The molecule has 0 amide bonds. The normalized spacial score (nSPS) is 12.2. The van der Waals surface area contributed by atoms with Gasteiger partial charge in [0.15, 0.2) is 0 Å². The highest BCUT2D eigenvalue weighted by Crippen LogP contribution is 2.15. The molecule has 0 aromatic carbocycles. The van der Waals surface area contributed by atoms with Gasteiger partial charge < -0.3 is 9.84 Å². The first-order chi connectivity index (χ1) is 13.7. The molecule has 1 N–H and O–H groups in total. The lowest BCUT2D eigenvalue weighted by atomic mass is 10.0. The highest BCUT2D eigenvalue weighted by atomic mass is 16.5. The van der Waals surface area contributed by atoms with Crippen molar-refractivity contribution in [3.63, 3.8) is 0 Å². The van der Waals surface area contributed by atoms with Crippen LogP contribution in [0.5, 0.6) is 0 Å². The number of methoxy groups -OCH3 is 1. The second-order valence-electron chi connectivity index (χ2n) is 8.57. The van der Waals surface area contributed by atoms with Gasteiger partial charge in [-0.3, -0.25) is 4.79 Å². The lowest BCUT2D eigenvalue weighted by Crippen LogP contribution is -2.05. The fourth-order valence-electron chi connectivity index (χ4n) is 3.82. The second-order valence-corrected chi connectivity index (χ2v) is 8.57. The minimum atomic E-state index is -0.0833. The van der Waals surface area contributed by atoms with Crippen LogP contribution in [0.3, 0.4) is 0 Å². The SMILES string of the molecule is CCCCCCCCCCCC(O)CCCCCCCCCCCC(=O)OC. The van der Waals surface area contributed by atoms with E-state index >= 15 is 0 Å². The van der Waals surface area contributed by atoms with Gasteiger partial charge in [-0.25, -0.2) is 0 Å². The average molecular weight is 399 g/mol. The Hall–Kier alpha value is -0.570. The van der Waals surface area contributed by atoms with E-state index in [1.807, 2.05) is 0 Å². The molecular formula is C25H50O3. The Balaban J connectivity index is 3.16. The van der Waals surface area contributed by atoms with E-state index in [1.54, 1.807) is 0 Å². The topological polar surface area (TPSA) is 46.5 Å². The quantitative estimate of drug-likeness (QED) is 0.150. The summed E-state index contributed by atoms with van der Waals surface area (Å²) in [6.07, 6.45) is 25.6. The first-order valence-corrected chi connectivity index (χ1v) is 12.5. The third kappa shape index (κ3) is 21.7. The summed E-state index contributed by atoms with van der Waals surface area (Å²) in [5.41, 5.74) is 0. The van der Waals surface area contributed by atoms with Gasteiger partial charge in [-0.1, -0.05) is 116 Å². The predicted molar refractivity (Wildman–Crippen MR) is 121 cm³/mol. The summed E-state index contributed by atoms with van der Waals surface area (Å²) in [7, 11) is 1.46. The van der Waals surface area contributed by atoms with E-state index in [1.165, 1.54) is 110 Å². The van der Waals surface area contributed by atoms with Crippen LogP contribution >= 0.6 is 0 Å². The number of esters is 1. The molecule has 0 aromatic heterocycles. The van der Waals surface area contributed by atoms with Crippen molar-refractivity contribution in [2.45, 2.75) is 148 Å². The number of hydrogen-bond donors (Lipinski definition) is 1. The third-order valence-electron chi connectivity index (χ3n) is 5.79. The number of carbonyl (C=O) groups is 1. The van der Waals surface area contributed by atoms with E-state index in [-0.39, 0.29) is 12.1 Å². The average Bonchev–Trinajstić information content (AvgIpc) is 2.70. The number of aliphatic hydroxyl groups is 1. The van der Waals surface area contributed by atoms with Crippen molar-refractivity contribution in [2.75, 3.05) is 7.11 Å². The van der Waals surface area contributed by atoms with Crippen molar-refractivity contribution in [1.82, 2.24) is 0 Å². The smallest absolute Gasteiger partial charge is 0.305 e. The van der Waals surface area contributed by atoms with Crippen molar-refractivity contribution in [1.29, 1.82) is 0 Å². The van der Waals surface area contributed by atoms with E-state index in [0.717, 1.165) is 25.7 Å². The molecule has 3 heteroatoms. The molecule has 1 unspecified atom stereocenters. The van der Waals surface area contributed by atoms with E-state index in [9.17, 15) is 9.90 Å². The van der Waals surface area contributed by atoms with Gasteiger partial charge in [-0.2, -0.15) is 0 Å². The van der Waals surface area contributed by atoms with Crippen LogP contribution in [0.15, 0.2) is 0 Å². The molecule has 28 heavy (non-hydrogen) atoms. The maximum Gasteiger partial charge on any atom is 0.305 e. The number of rotatable bonds is 22. The largest absolute Gasteiger partial charge is 0.469 e. The number of unbranched alkanes of at least 4 members (excludes halogenated alkanes) is 16. The van der Waals surface area contributed by atoms with Crippen LogP contribution in [-0.4, -0.2) is 24.3 Å². The summed E-state index contributed by atoms with van der Waals surface area (Å²) in [4.78, 5) is 11.0. The standard InChI is InChI=1S/C25H50O3/c1-3-4-5-6-7-9-12-15-18-21-24(26)22-19-16-13-10-8-11-14-17-20-23-25(27)28-2/h24,26H,3-23H2,1-2H3. The fraction of sp³-hybridized carbons (Fsp3) is 0.960. The van der Waals surface area contributed by atoms with Gasteiger partial charge in [0, 0.05) is 6.42 Å². The van der Waals surface area contributed by atoms with E-state index in [4.69, 9.17) is 0 Å². The molecule has 0 aromatic rings. The molecule has 0 saturated heterocycles. The summed E-state index contributed by atoms with van der Waals surface area (Å²) >= 11 is 0. The maximum absolute atomic E-state index is 11.0. The molecule has 0 aliphatic heterocycles. The second kappa shape index (κ2) is 22.7. The Morgan fingerprint density at radius 3 is 1.39 bits per heavy atom. The van der Waals surface area contributed by atoms with Crippen molar-refractivity contribution in [2.24, 2.45) is 0 Å². The van der Waals surface area contributed by atoms with E-state index in [2.05, 4.69) is 11.7 Å². The minimum absolute atomic E-state index is 0.0700. The highest BCUT2D eigenvalue weighted by molar-refractivity contribution is 5.68. The Morgan fingerprint density at radius 2 is 1.00 bits per heavy atom. The molecule has 0 fully saturated rings. The first-order valence-electron chi connectivity index (χ1n) is 12.5. The fourth-order valence-corrected chi connectivity index (χ4v) is 3.82. The van der Waals surface area contributed by atoms with Crippen molar-refractivity contribution >= 4 is 5.97 Å². The Labute approximate surface area is 176 Å². The lowest BCUT2D eigenvalue weighted by Gasteiger charge is -2.10. The van der Waals surface area contributed by atoms with Gasteiger partial charge in [-0.05, 0) is 19.3 Å². The van der Waals surface area contributed by atoms with Gasteiger partial charge in [0.2, 0.25) is 0 Å². The molecule has 0 aliphatic rings. The zero-order valence-electron chi connectivity index (χ0n) is 19.2. The third-order valence-corrected chi connectivity index (χ3v) is 5.79. The summed E-state index contributed by atoms with van der Waals surface area (Å²) in [5, 5.41) is 10.1. The molecule has 1 atom stereocenters. The van der Waals surface area contributed by atoms with Crippen molar-refractivity contribution in [3.8, 4) is 0 Å². The Morgan fingerprint density at radius 1 is 0.643 bits per heavy atom. The Bertz CT molecular complexity index is 317. The van der Waals surface area contributed by atoms with Crippen LogP contribution in [0.25, 0.3) is 0 Å². The highest BCUT2D eigenvalue weighted by Gasteiger charge is 2.04. The number of carbonyl (C=O) groups excluding carboxylic acids is 1. The van der Waals surface area contributed by atoms with E-state index < -0.39 is 0 Å². The van der Waals surface area contributed by atoms with Gasteiger partial charge in [0.1, 0.15) is 0 Å². The van der Waals surface area contributed by atoms with Crippen molar-refractivity contribution in [3.05, 3.63) is 0 Å². The predicted octanol–water partition coefficient (Wildman–Crippen LogP) is 7.73. The molecular weight excluding hydrogens is 348 g/mol. The van der Waals surface area contributed by atoms with Gasteiger partial charge >= 0.3 is 5.97 Å². The Kier molecular flexibility index (Phi) is 22.3. The minimum Gasteiger partial charge on any atom is -0.469 e. The lowest BCUT2D eigenvalue weighted by molar-refractivity contribution is -0.140. The monoisotopic (exact) mass is 398 g/mol. The molecule has 0 radical (unpaired) electrons. The van der Waals surface area contributed by atoms with Gasteiger partial charge in [0.25, 0.3) is 0 Å². The van der Waals surface area contributed by atoms with Crippen LogP contribution in [-0.2, 0) is 9.53 Å². The van der Waals surface area contributed by atoms with Crippen LogP contribution in [0.1, 0.15) is 142 Å². The molecule has 0 spiro atoms. The zero-order chi connectivity index (χ0) is 20.7. The summed E-state index contributed by atoms with van der Waals surface area (Å²) < 4.78 is 4.64. The van der Waals surface area contributed by atoms with Gasteiger partial charge in [0.05, 0.1) is 13.2 Å². The van der Waals surface area contributed by atoms with Crippen LogP contribution in [0, 0.1) is 0 Å². The van der Waals surface area contributed by atoms with Crippen LogP contribution in [0.4, 0.5) is 0 Å². The van der Waals surface area contributed by atoms with Crippen LogP contribution in [0.2, 0.25) is 0 Å². The molecule has 0 bridgehead atoms. The van der Waals surface area contributed by atoms with Gasteiger partial charge in [-0.15, -0.1) is 0 Å². The zero-order valence-corrected chi connectivity index (χ0v) is 19.2. The van der Waals surface area contributed by atoms with Crippen molar-refractivity contribution < 1.29 is 14.6 Å². The molecule has 168 valence electrons. The number of hydrogen-bond acceptors (Lipinski definition) is 3. The molecule has 0 aliphatic carbocycles. The molecule has 0 heterocycles. The molecule has 0 rings (SSSR count). The molecule has 3 nitrogen and oxygen atoms in total. The molecule has 0 saturated carbocycles. The summed E-state index contributed by atoms with van der Waals surface area (Å²) in [6, 6.07) is 0. The maximum atomic E-state index is 11.0. The first kappa shape index (κ1) is 27.4. The van der Waals surface area contributed by atoms with E-state index in [0.29, 0.717) is 6.42 Å². The summed E-state index contributed by atoms with van der Waals surface area (Å²) in [5.74, 6) is -0.0833. The number of ether oxygens (including phenoxy) is 1.